The lowest BCUT2D eigenvalue weighted by Crippen LogP contribution is -2.33. The molecule has 0 aliphatic rings. The third kappa shape index (κ3) is 4.78. The van der Waals surface area contributed by atoms with E-state index in [-0.39, 0.29) is 16.7 Å². The molecule has 3 nitrogen and oxygen atoms in total. The number of carbonyl (C=O) groups is 1. The number of alkyl halides is 1. The van der Waals surface area contributed by atoms with Gasteiger partial charge in [0.2, 0.25) is 5.91 Å². The average Bonchev–Trinajstić information content (AvgIpc) is 2.36. The molecule has 0 fully saturated rings. The van der Waals surface area contributed by atoms with Crippen molar-refractivity contribution in [2.24, 2.45) is 5.92 Å². The van der Waals surface area contributed by atoms with Crippen molar-refractivity contribution in [1.82, 2.24) is 5.32 Å². The van der Waals surface area contributed by atoms with Gasteiger partial charge in [0.15, 0.2) is 0 Å². The van der Waals surface area contributed by atoms with Crippen molar-refractivity contribution < 1.29 is 9.53 Å². The molecule has 1 aromatic carbocycles. The lowest BCUT2D eigenvalue weighted by molar-refractivity contribution is -0.121. The monoisotopic (exact) mass is 313 g/mol. The predicted octanol–water partition coefficient (Wildman–Crippen LogP) is 2.87. The molecule has 0 aromatic heterocycles. The first-order valence-electron chi connectivity index (χ1n) is 6.03. The molecule has 1 unspecified atom stereocenters. The van der Waals surface area contributed by atoms with Crippen molar-refractivity contribution in [3.05, 3.63) is 35.4 Å². The minimum atomic E-state index is -0.139. The first-order chi connectivity index (χ1) is 8.54. The van der Waals surface area contributed by atoms with Crippen LogP contribution in [0.4, 0.5) is 0 Å². The van der Waals surface area contributed by atoms with Gasteiger partial charge in [-0.2, -0.15) is 0 Å². The molecular weight excluding hydrogens is 294 g/mol. The quantitative estimate of drug-likeness (QED) is 0.820. The molecule has 18 heavy (non-hydrogen) atoms. The Balaban J connectivity index is 2.53. The van der Waals surface area contributed by atoms with Gasteiger partial charge in [-0.25, -0.2) is 0 Å². The standard InChI is InChI=1S/C14H20BrNO2/c1-10(2)13(15)14(17)16-8-11-5-4-6-12(7-11)9-18-3/h4-7,10,13H,8-9H2,1-3H3,(H,16,17). The van der Waals surface area contributed by atoms with E-state index >= 15 is 0 Å². The molecule has 1 aromatic rings. The van der Waals surface area contributed by atoms with Gasteiger partial charge in [0.25, 0.3) is 0 Å². The fraction of sp³-hybridized carbons (Fsp3) is 0.500. The van der Waals surface area contributed by atoms with Gasteiger partial charge in [-0.3, -0.25) is 4.79 Å². The van der Waals surface area contributed by atoms with Gasteiger partial charge < -0.3 is 10.1 Å². The minimum absolute atomic E-state index is 0.0298. The number of methoxy groups -OCH3 is 1. The van der Waals surface area contributed by atoms with Crippen LogP contribution in [0.2, 0.25) is 0 Å². The summed E-state index contributed by atoms with van der Waals surface area (Å²) in [5.74, 6) is 0.312. The van der Waals surface area contributed by atoms with Crippen molar-refractivity contribution in [3.63, 3.8) is 0 Å². The topological polar surface area (TPSA) is 38.3 Å². The first kappa shape index (κ1) is 15.2. The number of nitrogens with one attached hydrogen (secondary N) is 1. The molecule has 0 bridgehead atoms. The Labute approximate surface area is 117 Å². The van der Waals surface area contributed by atoms with E-state index in [0.717, 1.165) is 11.1 Å². The normalized spacial score (nSPS) is 12.5. The second kappa shape index (κ2) is 7.54. The molecule has 1 atom stereocenters. The molecular formula is C14H20BrNO2. The van der Waals surface area contributed by atoms with Crippen LogP contribution in [0.3, 0.4) is 0 Å². The summed E-state index contributed by atoms with van der Waals surface area (Å²) in [6, 6.07) is 8.03. The Hall–Kier alpha value is -0.870. The van der Waals surface area contributed by atoms with Crippen molar-refractivity contribution in [2.45, 2.75) is 31.8 Å². The number of halogens is 1. The molecule has 0 heterocycles. The third-order valence-corrected chi connectivity index (χ3v) is 4.08. The lowest BCUT2D eigenvalue weighted by Gasteiger charge is -2.14. The maximum Gasteiger partial charge on any atom is 0.234 e. The van der Waals surface area contributed by atoms with Crippen molar-refractivity contribution in [3.8, 4) is 0 Å². The lowest BCUT2D eigenvalue weighted by atomic mass is 10.1. The molecule has 0 spiro atoms. The van der Waals surface area contributed by atoms with E-state index in [9.17, 15) is 4.79 Å². The number of amides is 1. The van der Waals surface area contributed by atoms with Crippen LogP contribution in [0.5, 0.6) is 0 Å². The van der Waals surface area contributed by atoms with Crippen molar-refractivity contribution >= 4 is 21.8 Å². The number of hydrogen-bond acceptors (Lipinski definition) is 2. The van der Waals surface area contributed by atoms with Crippen LogP contribution < -0.4 is 5.32 Å². The molecule has 1 N–H and O–H groups in total. The smallest absolute Gasteiger partial charge is 0.234 e. The van der Waals surface area contributed by atoms with Gasteiger partial charge in [-0.15, -0.1) is 0 Å². The molecule has 0 aliphatic carbocycles. The zero-order valence-electron chi connectivity index (χ0n) is 11.1. The fourth-order valence-electron chi connectivity index (χ4n) is 1.59. The number of benzene rings is 1. The fourth-order valence-corrected chi connectivity index (χ4v) is 1.75. The number of ether oxygens (including phenoxy) is 1. The average molecular weight is 314 g/mol. The van der Waals surface area contributed by atoms with Crippen LogP contribution in [-0.4, -0.2) is 17.8 Å². The van der Waals surface area contributed by atoms with Gasteiger partial charge in [0.05, 0.1) is 11.4 Å². The summed E-state index contributed by atoms with van der Waals surface area (Å²) in [7, 11) is 1.67. The van der Waals surface area contributed by atoms with Crippen molar-refractivity contribution in [1.29, 1.82) is 0 Å². The second-order valence-electron chi connectivity index (χ2n) is 4.62. The summed E-state index contributed by atoms with van der Waals surface area (Å²) >= 11 is 3.39. The van der Waals surface area contributed by atoms with E-state index in [1.54, 1.807) is 7.11 Å². The van der Waals surface area contributed by atoms with Crippen LogP contribution in [-0.2, 0) is 22.7 Å². The van der Waals surface area contributed by atoms with Crippen LogP contribution in [0, 0.1) is 5.92 Å². The van der Waals surface area contributed by atoms with E-state index < -0.39 is 0 Å². The Morgan fingerprint density at radius 2 is 2.06 bits per heavy atom. The molecule has 4 heteroatoms. The highest BCUT2D eigenvalue weighted by Gasteiger charge is 2.17. The Morgan fingerprint density at radius 3 is 2.67 bits per heavy atom. The van der Waals surface area contributed by atoms with E-state index in [4.69, 9.17) is 4.74 Å². The summed E-state index contributed by atoms with van der Waals surface area (Å²) in [5, 5.41) is 2.92. The van der Waals surface area contributed by atoms with Gasteiger partial charge in [0.1, 0.15) is 0 Å². The molecule has 100 valence electrons. The highest BCUT2D eigenvalue weighted by Crippen LogP contribution is 2.12. The van der Waals surface area contributed by atoms with E-state index in [0.29, 0.717) is 13.2 Å². The van der Waals surface area contributed by atoms with Crippen molar-refractivity contribution in [2.75, 3.05) is 7.11 Å². The Morgan fingerprint density at radius 1 is 1.39 bits per heavy atom. The van der Waals surface area contributed by atoms with Crippen LogP contribution in [0.1, 0.15) is 25.0 Å². The zero-order valence-corrected chi connectivity index (χ0v) is 12.7. The van der Waals surface area contributed by atoms with Crippen LogP contribution in [0.25, 0.3) is 0 Å². The van der Waals surface area contributed by atoms with Gasteiger partial charge in [-0.1, -0.05) is 54.0 Å². The van der Waals surface area contributed by atoms with E-state index in [1.807, 2.05) is 38.1 Å². The maximum absolute atomic E-state index is 11.8. The summed E-state index contributed by atoms with van der Waals surface area (Å²) in [6.45, 7) is 5.16. The van der Waals surface area contributed by atoms with Crippen LogP contribution >= 0.6 is 15.9 Å². The van der Waals surface area contributed by atoms with Gasteiger partial charge >= 0.3 is 0 Å². The second-order valence-corrected chi connectivity index (χ2v) is 5.60. The number of rotatable bonds is 6. The number of carbonyl (C=O) groups excluding carboxylic acids is 1. The number of hydrogen-bond donors (Lipinski definition) is 1. The first-order valence-corrected chi connectivity index (χ1v) is 6.94. The largest absolute Gasteiger partial charge is 0.380 e. The summed E-state index contributed by atoms with van der Waals surface area (Å²) < 4.78 is 5.08. The summed E-state index contributed by atoms with van der Waals surface area (Å²) in [4.78, 5) is 11.6. The molecule has 0 radical (unpaired) electrons. The molecule has 1 rings (SSSR count). The SMILES string of the molecule is COCc1cccc(CNC(=O)C(Br)C(C)C)c1. The molecule has 0 aliphatic heterocycles. The molecule has 0 saturated heterocycles. The zero-order chi connectivity index (χ0) is 13.5. The third-order valence-electron chi connectivity index (χ3n) is 2.60. The maximum atomic E-state index is 11.8. The Bertz CT molecular complexity index is 393. The van der Waals surface area contributed by atoms with E-state index in [1.165, 1.54) is 0 Å². The highest BCUT2D eigenvalue weighted by molar-refractivity contribution is 9.10. The predicted molar refractivity (Wildman–Crippen MR) is 76.6 cm³/mol. The molecule has 0 saturated carbocycles. The highest BCUT2D eigenvalue weighted by atomic mass is 79.9. The van der Waals surface area contributed by atoms with E-state index in [2.05, 4.69) is 21.2 Å². The van der Waals surface area contributed by atoms with Crippen LogP contribution in [0.15, 0.2) is 24.3 Å². The van der Waals surface area contributed by atoms with Gasteiger partial charge in [0, 0.05) is 13.7 Å². The minimum Gasteiger partial charge on any atom is -0.380 e. The summed E-state index contributed by atoms with van der Waals surface area (Å²) in [5.41, 5.74) is 2.20. The Kier molecular flexibility index (Phi) is 6.36. The summed E-state index contributed by atoms with van der Waals surface area (Å²) in [6.07, 6.45) is 0. The van der Waals surface area contributed by atoms with Gasteiger partial charge in [-0.05, 0) is 17.0 Å². The molecule has 1 amide bonds.